The molecule has 2 N–H and O–H groups in total. The number of amides is 1. The molecule has 7 heteroatoms. The highest BCUT2D eigenvalue weighted by atomic mass is 35.5. The van der Waals surface area contributed by atoms with Crippen LogP contribution in [0.4, 0.5) is 5.82 Å². The Morgan fingerprint density at radius 3 is 2.95 bits per heavy atom. The van der Waals surface area contributed by atoms with Crippen molar-refractivity contribution in [1.29, 1.82) is 0 Å². The summed E-state index contributed by atoms with van der Waals surface area (Å²) in [5.41, 5.74) is 1.24. The highest BCUT2D eigenvalue weighted by molar-refractivity contribution is 7.09. The zero-order valence-corrected chi connectivity index (χ0v) is 12.1. The Hall–Kier alpha value is -1.66. The lowest BCUT2D eigenvalue weighted by molar-refractivity contribution is 0.0950. The van der Waals surface area contributed by atoms with Gasteiger partial charge in [-0.2, -0.15) is 0 Å². The number of hydrogen-bond acceptors (Lipinski definition) is 5. The van der Waals surface area contributed by atoms with E-state index in [2.05, 4.69) is 20.6 Å². The number of carbonyl (C=O) groups is 1. The van der Waals surface area contributed by atoms with Crippen LogP contribution in [-0.4, -0.2) is 22.9 Å². The molecule has 19 heavy (non-hydrogen) atoms. The molecular weight excluding hydrogens is 284 g/mol. The fraction of sp³-hybridized carbons (Fsp3) is 0.250. The summed E-state index contributed by atoms with van der Waals surface area (Å²) in [6.07, 6.45) is 1.45. The molecule has 0 fully saturated rings. The monoisotopic (exact) mass is 296 g/mol. The largest absolute Gasteiger partial charge is 0.373 e. The summed E-state index contributed by atoms with van der Waals surface area (Å²) in [7, 11) is 1.73. The van der Waals surface area contributed by atoms with Crippen LogP contribution >= 0.6 is 22.9 Å². The van der Waals surface area contributed by atoms with Gasteiger partial charge < -0.3 is 10.6 Å². The van der Waals surface area contributed by atoms with Gasteiger partial charge in [-0.05, 0) is 13.0 Å². The van der Waals surface area contributed by atoms with Crippen LogP contribution < -0.4 is 10.6 Å². The van der Waals surface area contributed by atoms with Crippen LogP contribution in [0, 0.1) is 6.92 Å². The molecule has 2 aromatic rings. The van der Waals surface area contributed by atoms with Gasteiger partial charge in [-0.25, -0.2) is 9.97 Å². The highest BCUT2D eigenvalue weighted by Crippen LogP contribution is 2.18. The number of rotatable bonds is 4. The first-order valence-electron chi connectivity index (χ1n) is 5.62. The number of halogens is 1. The Labute approximate surface area is 120 Å². The Balaban J connectivity index is 2.07. The van der Waals surface area contributed by atoms with Gasteiger partial charge in [0.05, 0.1) is 27.8 Å². The second-order valence-electron chi connectivity index (χ2n) is 3.84. The van der Waals surface area contributed by atoms with E-state index in [1.165, 1.54) is 6.20 Å². The van der Waals surface area contributed by atoms with Crippen LogP contribution in [0.3, 0.4) is 0 Å². The van der Waals surface area contributed by atoms with E-state index in [4.69, 9.17) is 11.6 Å². The molecule has 100 valence electrons. The van der Waals surface area contributed by atoms with Gasteiger partial charge in [-0.3, -0.25) is 4.79 Å². The molecule has 0 aliphatic carbocycles. The van der Waals surface area contributed by atoms with Crippen LogP contribution in [0.5, 0.6) is 0 Å². The third-order valence-electron chi connectivity index (χ3n) is 2.45. The second-order valence-corrected chi connectivity index (χ2v) is 5.31. The standard InChI is InChI=1S/C12H13ClN4OS/c1-7-17-8(6-19-7)4-16-12(18)9-3-11(14-2)15-5-10(9)13/h3,5-6H,4H2,1-2H3,(H,14,15)(H,16,18). The fourth-order valence-corrected chi connectivity index (χ4v) is 2.31. The average molecular weight is 297 g/mol. The quantitative estimate of drug-likeness (QED) is 0.909. The molecule has 0 saturated carbocycles. The normalized spacial score (nSPS) is 10.3. The van der Waals surface area contributed by atoms with Crippen LogP contribution in [0.15, 0.2) is 17.6 Å². The van der Waals surface area contributed by atoms with Crippen molar-refractivity contribution in [2.45, 2.75) is 13.5 Å². The molecule has 0 spiro atoms. The summed E-state index contributed by atoms with van der Waals surface area (Å²) in [5, 5.41) is 8.87. The van der Waals surface area contributed by atoms with E-state index in [9.17, 15) is 4.79 Å². The number of nitrogens with zero attached hydrogens (tertiary/aromatic N) is 2. The Bertz CT molecular complexity index is 599. The molecule has 0 bridgehead atoms. The van der Waals surface area contributed by atoms with Gasteiger partial charge in [0.25, 0.3) is 5.91 Å². The third-order valence-corrected chi connectivity index (χ3v) is 3.58. The van der Waals surface area contributed by atoms with Crippen LogP contribution in [0.25, 0.3) is 0 Å². The first-order chi connectivity index (χ1) is 9.10. The molecule has 5 nitrogen and oxygen atoms in total. The van der Waals surface area contributed by atoms with Gasteiger partial charge in [0, 0.05) is 18.6 Å². The van der Waals surface area contributed by atoms with Crippen molar-refractivity contribution in [3.63, 3.8) is 0 Å². The van der Waals surface area contributed by atoms with Gasteiger partial charge in [0.2, 0.25) is 0 Å². The van der Waals surface area contributed by atoms with Gasteiger partial charge in [0.1, 0.15) is 5.82 Å². The van der Waals surface area contributed by atoms with Crippen molar-refractivity contribution in [2.75, 3.05) is 12.4 Å². The molecule has 2 heterocycles. The minimum atomic E-state index is -0.241. The Morgan fingerprint density at radius 2 is 2.32 bits per heavy atom. The summed E-state index contributed by atoms with van der Waals surface area (Å²) in [6.45, 7) is 2.31. The first-order valence-corrected chi connectivity index (χ1v) is 6.88. The number of carbonyl (C=O) groups excluding carboxylic acids is 1. The van der Waals surface area contributed by atoms with Crippen LogP contribution in [0.2, 0.25) is 5.02 Å². The van der Waals surface area contributed by atoms with Crippen LogP contribution in [-0.2, 0) is 6.54 Å². The lowest BCUT2D eigenvalue weighted by Crippen LogP contribution is -2.23. The number of pyridine rings is 1. The topological polar surface area (TPSA) is 66.9 Å². The zero-order valence-electron chi connectivity index (χ0n) is 10.5. The van der Waals surface area contributed by atoms with E-state index in [1.54, 1.807) is 24.5 Å². The van der Waals surface area contributed by atoms with Gasteiger partial charge in [-0.15, -0.1) is 11.3 Å². The summed E-state index contributed by atoms with van der Waals surface area (Å²) in [4.78, 5) is 20.3. The SMILES string of the molecule is CNc1cc(C(=O)NCc2csc(C)n2)c(Cl)cn1. The zero-order chi connectivity index (χ0) is 13.8. The summed E-state index contributed by atoms with van der Waals surface area (Å²) >= 11 is 7.52. The van der Waals surface area contributed by atoms with Crippen molar-refractivity contribution in [2.24, 2.45) is 0 Å². The fourth-order valence-electron chi connectivity index (χ4n) is 1.50. The van der Waals surface area contributed by atoms with E-state index >= 15 is 0 Å². The molecule has 0 aliphatic rings. The summed E-state index contributed by atoms with van der Waals surface area (Å²) in [6, 6.07) is 1.62. The lowest BCUT2D eigenvalue weighted by atomic mass is 10.2. The molecule has 0 atom stereocenters. The maximum atomic E-state index is 12.0. The average Bonchev–Trinajstić information content (AvgIpc) is 2.82. The molecular formula is C12H13ClN4OS. The van der Waals surface area contributed by atoms with Crippen molar-refractivity contribution in [1.82, 2.24) is 15.3 Å². The van der Waals surface area contributed by atoms with Gasteiger partial charge >= 0.3 is 0 Å². The predicted octanol–water partition coefficient (Wildman–Crippen LogP) is 2.47. The first kappa shape index (κ1) is 13.8. The number of aryl methyl sites for hydroxylation is 1. The van der Waals surface area contributed by atoms with E-state index in [-0.39, 0.29) is 5.91 Å². The Kier molecular flexibility index (Phi) is 4.34. The molecule has 2 rings (SSSR count). The number of anilines is 1. The van der Waals surface area contributed by atoms with Gasteiger partial charge in [0.15, 0.2) is 0 Å². The van der Waals surface area contributed by atoms with E-state index in [1.807, 2.05) is 12.3 Å². The molecule has 0 unspecified atom stereocenters. The summed E-state index contributed by atoms with van der Waals surface area (Å²) in [5.74, 6) is 0.355. The molecule has 0 aliphatic heterocycles. The smallest absolute Gasteiger partial charge is 0.253 e. The van der Waals surface area contributed by atoms with Crippen molar-refractivity contribution >= 4 is 34.7 Å². The van der Waals surface area contributed by atoms with E-state index in [0.717, 1.165) is 10.7 Å². The Morgan fingerprint density at radius 1 is 1.53 bits per heavy atom. The van der Waals surface area contributed by atoms with Crippen molar-refractivity contribution < 1.29 is 4.79 Å². The number of thiazole rings is 1. The predicted molar refractivity (Wildman–Crippen MR) is 76.8 cm³/mol. The van der Waals surface area contributed by atoms with Crippen molar-refractivity contribution in [3.05, 3.63) is 38.9 Å². The minimum Gasteiger partial charge on any atom is -0.373 e. The van der Waals surface area contributed by atoms with Crippen LogP contribution in [0.1, 0.15) is 21.1 Å². The molecule has 1 amide bonds. The molecule has 0 aromatic carbocycles. The molecule has 0 radical (unpaired) electrons. The maximum Gasteiger partial charge on any atom is 0.253 e. The van der Waals surface area contributed by atoms with E-state index < -0.39 is 0 Å². The molecule has 2 aromatic heterocycles. The number of hydrogen-bond donors (Lipinski definition) is 2. The lowest BCUT2D eigenvalue weighted by Gasteiger charge is -2.07. The minimum absolute atomic E-state index is 0.241. The maximum absolute atomic E-state index is 12.0. The highest BCUT2D eigenvalue weighted by Gasteiger charge is 2.12. The van der Waals surface area contributed by atoms with Gasteiger partial charge in [-0.1, -0.05) is 11.6 Å². The number of nitrogens with one attached hydrogen (secondary N) is 2. The van der Waals surface area contributed by atoms with E-state index in [0.29, 0.717) is 22.9 Å². The molecule has 0 saturated heterocycles. The second kappa shape index (κ2) is 5.99. The third kappa shape index (κ3) is 3.42. The van der Waals surface area contributed by atoms with Crippen molar-refractivity contribution in [3.8, 4) is 0 Å². The summed E-state index contributed by atoms with van der Waals surface area (Å²) < 4.78 is 0. The number of aromatic nitrogens is 2.